The minimum Gasteiger partial charge on any atom is -0.321 e. The van der Waals surface area contributed by atoms with Gasteiger partial charge in [-0.2, -0.15) is 0 Å². The van der Waals surface area contributed by atoms with E-state index in [0.717, 1.165) is 18.9 Å². The largest absolute Gasteiger partial charge is 0.321 e. The maximum atomic E-state index is 14.0. The van der Waals surface area contributed by atoms with Crippen LogP contribution in [-0.4, -0.2) is 0 Å². The van der Waals surface area contributed by atoms with Crippen molar-refractivity contribution in [1.82, 2.24) is 0 Å². The van der Waals surface area contributed by atoms with E-state index in [2.05, 4.69) is 12.1 Å². The molecule has 2 aromatic carbocycles. The van der Waals surface area contributed by atoms with Gasteiger partial charge in [0.2, 0.25) is 0 Å². The van der Waals surface area contributed by atoms with Crippen LogP contribution in [0.5, 0.6) is 0 Å². The third-order valence-electron chi connectivity index (χ3n) is 4.61. The third-order valence-corrected chi connectivity index (χ3v) is 4.61. The highest BCUT2D eigenvalue weighted by Gasteiger charge is 2.35. The Kier molecular flexibility index (Phi) is 3.77. The molecule has 0 spiro atoms. The highest BCUT2D eigenvalue weighted by molar-refractivity contribution is 5.29. The molecule has 1 aliphatic carbocycles. The lowest BCUT2D eigenvalue weighted by Gasteiger charge is -2.38. The average molecular weight is 287 g/mol. The summed E-state index contributed by atoms with van der Waals surface area (Å²) >= 11 is 0. The molecule has 3 rings (SSSR count). The second-order valence-electron chi connectivity index (χ2n) is 5.97. The van der Waals surface area contributed by atoms with Gasteiger partial charge in [-0.3, -0.25) is 0 Å². The second kappa shape index (κ2) is 5.57. The zero-order valence-electron chi connectivity index (χ0n) is 11.9. The summed E-state index contributed by atoms with van der Waals surface area (Å²) < 4.78 is 27.4. The maximum absolute atomic E-state index is 14.0. The van der Waals surface area contributed by atoms with E-state index in [0.29, 0.717) is 24.3 Å². The van der Waals surface area contributed by atoms with Crippen LogP contribution in [0.3, 0.4) is 0 Å². The summed E-state index contributed by atoms with van der Waals surface area (Å²) in [6, 6.07) is 13.9. The molecule has 0 amide bonds. The molecule has 0 unspecified atom stereocenters. The molecule has 1 nitrogen and oxygen atoms in total. The Balaban J connectivity index is 1.79. The summed E-state index contributed by atoms with van der Waals surface area (Å²) in [5.74, 6) is -0.377. The molecule has 0 saturated heterocycles. The zero-order valence-corrected chi connectivity index (χ0v) is 11.9. The Morgan fingerprint density at radius 3 is 2.29 bits per heavy atom. The van der Waals surface area contributed by atoms with E-state index >= 15 is 0 Å². The van der Waals surface area contributed by atoms with Crippen molar-refractivity contribution in [2.75, 3.05) is 0 Å². The molecule has 1 fully saturated rings. The summed E-state index contributed by atoms with van der Waals surface area (Å²) in [7, 11) is 0. The van der Waals surface area contributed by atoms with E-state index in [1.807, 2.05) is 18.2 Å². The first-order valence-electron chi connectivity index (χ1n) is 7.38. The summed E-state index contributed by atoms with van der Waals surface area (Å²) in [6.45, 7) is 0. The number of nitrogens with two attached hydrogens (primary N) is 1. The summed E-state index contributed by atoms with van der Waals surface area (Å²) in [4.78, 5) is 0. The molecule has 0 bridgehead atoms. The standard InChI is InChI=1S/C18H19F2N/c19-15-6-7-17(20)16(12-15)18(21)10-8-14(9-11-18)13-4-2-1-3-5-13/h1-7,12,14H,8-11,21H2. The van der Waals surface area contributed by atoms with Gasteiger partial charge in [0.05, 0.1) is 0 Å². The van der Waals surface area contributed by atoms with Crippen molar-refractivity contribution in [2.45, 2.75) is 37.1 Å². The van der Waals surface area contributed by atoms with E-state index in [-0.39, 0.29) is 0 Å². The zero-order chi connectivity index (χ0) is 14.9. The van der Waals surface area contributed by atoms with Crippen LogP contribution in [0.2, 0.25) is 0 Å². The Bertz CT molecular complexity index is 616. The average Bonchev–Trinajstić information content (AvgIpc) is 2.51. The van der Waals surface area contributed by atoms with Gasteiger partial charge < -0.3 is 5.73 Å². The predicted octanol–water partition coefficient (Wildman–Crippen LogP) is 4.48. The summed E-state index contributed by atoms with van der Waals surface area (Å²) in [6.07, 6.45) is 3.15. The minimum atomic E-state index is -0.753. The summed E-state index contributed by atoms with van der Waals surface area (Å²) in [5, 5.41) is 0. The van der Waals surface area contributed by atoms with Gasteiger partial charge in [0.25, 0.3) is 0 Å². The molecule has 0 radical (unpaired) electrons. The van der Waals surface area contributed by atoms with Crippen molar-refractivity contribution in [3.8, 4) is 0 Å². The summed E-state index contributed by atoms with van der Waals surface area (Å²) in [5.41, 5.74) is 7.25. The smallest absolute Gasteiger partial charge is 0.128 e. The molecular formula is C18H19F2N. The topological polar surface area (TPSA) is 26.0 Å². The fourth-order valence-electron chi connectivity index (χ4n) is 3.34. The normalized spacial score (nSPS) is 25.8. The van der Waals surface area contributed by atoms with Crippen molar-refractivity contribution < 1.29 is 8.78 Å². The van der Waals surface area contributed by atoms with Gasteiger partial charge >= 0.3 is 0 Å². The van der Waals surface area contributed by atoms with Gasteiger partial charge in [0, 0.05) is 11.1 Å². The molecule has 0 atom stereocenters. The monoisotopic (exact) mass is 287 g/mol. The Hall–Kier alpha value is -1.74. The van der Waals surface area contributed by atoms with Gasteiger partial charge in [-0.25, -0.2) is 8.78 Å². The van der Waals surface area contributed by atoms with Crippen LogP contribution in [-0.2, 0) is 5.54 Å². The van der Waals surface area contributed by atoms with Crippen molar-refractivity contribution in [2.24, 2.45) is 5.73 Å². The molecule has 3 heteroatoms. The molecule has 0 aliphatic heterocycles. The molecule has 21 heavy (non-hydrogen) atoms. The highest BCUT2D eigenvalue weighted by Crippen LogP contribution is 2.42. The van der Waals surface area contributed by atoms with Gasteiger partial charge in [-0.05, 0) is 55.4 Å². The van der Waals surface area contributed by atoms with Crippen LogP contribution in [0.1, 0.15) is 42.7 Å². The van der Waals surface area contributed by atoms with E-state index < -0.39 is 17.2 Å². The molecule has 1 saturated carbocycles. The van der Waals surface area contributed by atoms with Crippen LogP contribution in [0.4, 0.5) is 8.78 Å². The SMILES string of the molecule is NC1(c2cc(F)ccc2F)CCC(c2ccccc2)CC1. The van der Waals surface area contributed by atoms with Gasteiger partial charge in [0.1, 0.15) is 11.6 Å². The Morgan fingerprint density at radius 2 is 1.62 bits per heavy atom. The van der Waals surface area contributed by atoms with E-state index in [1.54, 1.807) is 0 Å². The maximum Gasteiger partial charge on any atom is 0.128 e. The van der Waals surface area contributed by atoms with Crippen molar-refractivity contribution in [1.29, 1.82) is 0 Å². The predicted molar refractivity (Wildman–Crippen MR) is 79.9 cm³/mol. The van der Waals surface area contributed by atoms with Crippen LogP contribution in [0.15, 0.2) is 48.5 Å². The lowest BCUT2D eigenvalue weighted by molar-refractivity contribution is 0.268. The number of benzene rings is 2. The Labute approximate surface area is 123 Å². The third kappa shape index (κ3) is 2.84. The van der Waals surface area contributed by atoms with Crippen LogP contribution >= 0.6 is 0 Å². The number of hydrogen-bond donors (Lipinski definition) is 1. The first-order chi connectivity index (χ1) is 10.1. The number of hydrogen-bond acceptors (Lipinski definition) is 1. The van der Waals surface area contributed by atoms with Crippen LogP contribution in [0.25, 0.3) is 0 Å². The number of rotatable bonds is 2. The van der Waals surface area contributed by atoms with E-state index in [4.69, 9.17) is 5.73 Å². The highest BCUT2D eigenvalue weighted by atomic mass is 19.1. The van der Waals surface area contributed by atoms with Gasteiger partial charge in [0.15, 0.2) is 0 Å². The fourth-order valence-corrected chi connectivity index (χ4v) is 3.34. The Morgan fingerprint density at radius 1 is 0.952 bits per heavy atom. The molecular weight excluding hydrogens is 268 g/mol. The van der Waals surface area contributed by atoms with E-state index in [1.165, 1.54) is 17.7 Å². The van der Waals surface area contributed by atoms with Crippen molar-refractivity contribution in [3.63, 3.8) is 0 Å². The fraction of sp³-hybridized carbons (Fsp3) is 0.333. The first-order valence-corrected chi connectivity index (χ1v) is 7.38. The lowest BCUT2D eigenvalue weighted by atomic mass is 9.71. The van der Waals surface area contributed by atoms with Gasteiger partial charge in [-0.15, -0.1) is 0 Å². The lowest BCUT2D eigenvalue weighted by Crippen LogP contribution is -2.41. The second-order valence-corrected chi connectivity index (χ2v) is 5.97. The van der Waals surface area contributed by atoms with Crippen LogP contribution < -0.4 is 5.73 Å². The molecule has 110 valence electrons. The molecule has 0 aromatic heterocycles. The van der Waals surface area contributed by atoms with Gasteiger partial charge in [-0.1, -0.05) is 30.3 Å². The first kappa shape index (κ1) is 14.2. The molecule has 1 aliphatic rings. The van der Waals surface area contributed by atoms with Crippen LogP contribution in [0, 0.1) is 11.6 Å². The molecule has 2 aromatic rings. The number of halogens is 2. The van der Waals surface area contributed by atoms with Crippen molar-refractivity contribution >= 4 is 0 Å². The molecule has 0 heterocycles. The van der Waals surface area contributed by atoms with Crippen molar-refractivity contribution in [3.05, 3.63) is 71.3 Å². The quantitative estimate of drug-likeness (QED) is 0.866. The minimum absolute atomic E-state index is 0.314. The molecule has 2 N–H and O–H groups in total. The van der Waals surface area contributed by atoms with E-state index in [9.17, 15) is 8.78 Å².